The molecule has 0 unspecified atom stereocenters. The molecule has 0 saturated carbocycles. The van der Waals surface area contributed by atoms with E-state index < -0.39 is 4.92 Å². The van der Waals surface area contributed by atoms with Crippen LogP contribution in [0.4, 0.5) is 0 Å². The first-order valence-corrected chi connectivity index (χ1v) is 8.57. The van der Waals surface area contributed by atoms with Crippen molar-refractivity contribution in [2.75, 3.05) is 26.2 Å². The Labute approximate surface area is 148 Å². The van der Waals surface area contributed by atoms with Gasteiger partial charge >= 0.3 is 0 Å². The molecule has 1 aliphatic heterocycles. The van der Waals surface area contributed by atoms with Gasteiger partial charge in [0.2, 0.25) is 0 Å². The zero-order chi connectivity index (χ0) is 17.9. The third kappa shape index (κ3) is 7.71. The lowest BCUT2D eigenvalue weighted by Gasteiger charge is -2.26. The SMILES string of the molecule is N/C(=C\[N+](=O)[O-])NC/C=C/COc1cccc(CN2CCCCC2)c1. The summed E-state index contributed by atoms with van der Waals surface area (Å²) >= 11 is 0. The van der Waals surface area contributed by atoms with E-state index in [1.807, 2.05) is 24.3 Å². The Morgan fingerprint density at radius 2 is 2.12 bits per heavy atom. The molecule has 0 aromatic heterocycles. The van der Waals surface area contributed by atoms with Gasteiger partial charge in [0.05, 0.1) is 4.92 Å². The summed E-state index contributed by atoms with van der Waals surface area (Å²) < 4.78 is 5.72. The Bertz CT molecular complexity index is 610. The highest BCUT2D eigenvalue weighted by Gasteiger charge is 2.10. The first-order chi connectivity index (χ1) is 12.1. The first-order valence-electron chi connectivity index (χ1n) is 8.57. The van der Waals surface area contributed by atoms with E-state index >= 15 is 0 Å². The van der Waals surface area contributed by atoms with Gasteiger partial charge in [-0.05, 0) is 49.7 Å². The van der Waals surface area contributed by atoms with E-state index in [4.69, 9.17) is 10.5 Å². The van der Waals surface area contributed by atoms with E-state index in [2.05, 4.69) is 22.3 Å². The highest BCUT2D eigenvalue weighted by Crippen LogP contribution is 2.17. The minimum Gasteiger partial charge on any atom is -0.490 e. The Morgan fingerprint density at radius 3 is 2.88 bits per heavy atom. The van der Waals surface area contributed by atoms with Gasteiger partial charge in [0.25, 0.3) is 6.20 Å². The number of likely N-dealkylation sites (tertiary alicyclic amines) is 1. The van der Waals surface area contributed by atoms with Crippen LogP contribution < -0.4 is 15.8 Å². The zero-order valence-corrected chi connectivity index (χ0v) is 14.4. The van der Waals surface area contributed by atoms with Crippen LogP contribution in [0, 0.1) is 10.1 Å². The quantitative estimate of drug-likeness (QED) is 0.405. The summed E-state index contributed by atoms with van der Waals surface area (Å²) in [6.07, 6.45) is 8.32. The van der Waals surface area contributed by atoms with Gasteiger partial charge in [0, 0.05) is 13.1 Å². The summed E-state index contributed by atoms with van der Waals surface area (Å²) in [7, 11) is 0. The van der Waals surface area contributed by atoms with Crippen LogP contribution in [0.1, 0.15) is 24.8 Å². The first kappa shape index (κ1) is 18.8. The Balaban J connectivity index is 1.70. The summed E-state index contributed by atoms with van der Waals surface area (Å²) in [5.74, 6) is 0.876. The lowest BCUT2D eigenvalue weighted by Crippen LogP contribution is -2.29. The predicted molar refractivity (Wildman–Crippen MR) is 97.5 cm³/mol. The van der Waals surface area contributed by atoms with Crippen molar-refractivity contribution in [1.29, 1.82) is 0 Å². The molecule has 0 atom stereocenters. The molecule has 1 fully saturated rings. The molecule has 0 spiro atoms. The Hall–Kier alpha value is -2.54. The van der Waals surface area contributed by atoms with Crippen LogP contribution >= 0.6 is 0 Å². The van der Waals surface area contributed by atoms with Crippen molar-refractivity contribution < 1.29 is 9.66 Å². The van der Waals surface area contributed by atoms with Gasteiger partial charge in [0.1, 0.15) is 12.4 Å². The van der Waals surface area contributed by atoms with Crippen LogP contribution in [0.5, 0.6) is 5.75 Å². The predicted octanol–water partition coefficient (Wildman–Crippen LogP) is 2.23. The van der Waals surface area contributed by atoms with E-state index in [0.29, 0.717) is 13.2 Å². The summed E-state index contributed by atoms with van der Waals surface area (Å²) in [5.41, 5.74) is 6.68. The fourth-order valence-corrected chi connectivity index (χ4v) is 2.74. The molecule has 2 rings (SSSR count). The molecule has 25 heavy (non-hydrogen) atoms. The van der Waals surface area contributed by atoms with Gasteiger partial charge < -0.3 is 15.8 Å². The Kier molecular flexibility index (Phi) is 7.78. The van der Waals surface area contributed by atoms with Crippen LogP contribution in [0.25, 0.3) is 0 Å². The molecule has 1 heterocycles. The minimum absolute atomic E-state index is 0.0287. The second-order valence-electron chi connectivity index (χ2n) is 6.02. The summed E-state index contributed by atoms with van der Waals surface area (Å²) in [6, 6.07) is 8.18. The van der Waals surface area contributed by atoms with Gasteiger partial charge in [-0.3, -0.25) is 15.0 Å². The topological polar surface area (TPSA) is 93.7 Å². The van der Waals surface area contributed by atoms with Gasteiger partial charge in [-0.25, -0.2) is 0 Å². The van der Waals surface area contributed by atoms with Gasteiger partial charge in [0.15, 0.2) is 5.82 Å². The molecule has 0 bridgehead atoms. The molecule has 1 aromatic carbocycles. The largest absolute Gasteiger partial charge is 0.490 e. The average molecular weight is 346 g/mol. The normalized spacial score (nSPS) is 16.1. The van der Waals surface area contributed by atoms with Crippen molar-refractivity contribution in [3.63, 3.8) is 0 Å². The van der Waals surface area contributed by atoms with Gasteiger partial charge in [-0.1, -0.05) is 24.6 Å². The molecule has 0 aliphatic carbocycles. The number of hydrogen-bond donors (Lipinski definition) is 2. The van der Waals surface area contributed by atoms with Crippen LogP contribution in [0.3, 0.4) is 0 Å². The van der Waals surface area contributed by atoms with Gasteiger partial charge in [-0.15, -0.1) is 0 Å². The van der Waals surface area contributed by atoms with Crippen molar-refractivity contribution in [3.05, 3.63) is 64.1 Å². The average Bonchev–Trinajstić information content (AvgIpc) is 2.58. The number of nitrogens with two attached hydrogens (primary N) is 1. The maximum atomic E-state index is 10.2. The molecular formula is C18H26N4O3. The number of benzene rings is 1. The number of nitrogens with one attached hydrogen (secondary N) is 1. The molecule has 136 valence electrons. The van der Waals surface area contributed by atoms with Crippen molar-refractivity contribution >= 4 is 0 Å². The van der Waals surface area contributed by atoms with E-state index in [9.17, 15) is 10.1 Å². The summed E-state index contributed by atoms with van der Waals surface area (Å²) in [4.78, 5) is 12.1. The van der Waals surface area contributed by atoms with Crippen molar-refractivity contribution in [2.45, 2.75) is 25.8 Å². The molecule has 1 aliphatic rings. The van der Waals surface area contributed by atoms with E-state index in [-0.39, 0.29) is 5.82 Å². The zero-order valence-electron chi connectivity index (χ0n) is 14.4. The van der Waals surface area contributed by atoms with Crippen LogP contribution in [-0.2, 0) is 6.54 Å². The molecule has 0 amide bonds. The number of nitrogens with zero attached hydrogens (tertiary/aromatic N) is 2. The second-order valence-corrected chi connectivity index (χ2v) is 6.02. The smallest absolute Gasteiger partial charge is 0.273 e. The number of hydrogen-bond acceptors (Lipinski definition) is 6. The fraction of sp³-hybridized carbons (Fsp3) is 0.444. The molecule has 3 N–H and O–H groups in total. The van der Waals surface area contributed by atoms with Crippen molar-refractivity contribution in [3.8, 4) is 5.75 Å². The fourth-order valence-electron chi connectivity index (χ4n) is 2.74. The van der Waals surface area contributed by atoms with E-state index in [1.54, 1.807) is 0 Å². The lowest BCUT2D eigenvalue weighted by atomic mass is 10.1. The van der Waals surface area contributed by atoms with E-state index in [0.717, 1.165) is 18.5 Å². The number of piperidine rings is 1. The van der Waals surface area contributed by atoms with E-state index in [1.165, 1.54) is 37.9 Å². The standard InChI is InChI=1S/C18H26N4O3/c19-18(15-22(23)24)20-9-2-5-12-25-17-8-6-7-16(13-17)14-21-10-3-1-4-11-21/h2,5-8,13,15,20H,1,3-4,9-12,14,19H2/b5-2+,18-15+. The molecule has 7 nitrogen and oxygen atoms in total. The maximum absolute atomic E-state index is 10.2. The molecule has 1 aromatic rings. The lowest BCUT2D eigenvalue weighted by molar-refractivity contribution is -0.403. The third-order valence-electron chi connectivity index (χ3n) is 3.93. The molecular weight excluding hydrogens is 320 g/mol. The number of nitro groups is 1. The highest BCUT2D eigenvalue weighted by atomic mass is 16.6. The van der Waals surface area contributed by atoms with Crippen molar-refractivity contribution in [2.24, 2.45) is 5.73 Å². The summed E-state index contributed by atoms with van der Waals surface area (Å²) in [5, 5.41) is 12.9. The van der Waals surface area contributed by atoms with Crippen molar-refractivity contribution in [1.82, 2.24) is 10.2 Å². The molecule has 1 saturated heterocycles. The summed E-state index contributed by atoms with van der Waals surface area (Å²) in [6.45, 7) is 4.17. The molecule has 7 heteroatoms. The monoisotopic (exact) mass is 346 g/mol. The second kappa shape index (κ2) is 10.4. The van der Waals surface area contributed by atoms with Gasteiger partial charge in [-0.2, -0.15) is 0 Å². The third-order valence-corrected chi connectivity index (χ3v) is 3.93. The minimum atomic E-state index is -0.591. The number of rotatable bonds is 9. The van der Waals surface area contributed by atoms with Crippen LogP contribution in [-0.4, -0.2) is 36.1 Å². The Morgan fingerprint density at radius 1 is 1.32 bits per heavy atom. The highest BCUT2D eigenvalue weighted by molar-refractivity contribution is 5.28. The van der Waals surface area contributed by atoms with Crippen LogP contribution in [0.15, 0.2) is 48.4 Å². The molecule has 0 radical (unpaired) electrons. The number of ether oxygens (including phenoxy) is 1. The maximum Gasteiger partial charge on any atom is 0.273 e. The van der Waals surface area contributed by atoms with Crippen LogP contribution in [0.2, 0.25) is 0 Å².